The van der Waals surface area contributed by atoms with Gasteiger partial charge in [0.05, 0.1) is 28.0 Å². The van der Waals surface area contributed by atoms with Crippen molar-refractivity contribution >= 4 is 27.8 Å². The zero-order chi connectivity index (χ0) is 22.4. The number of carboxylic acids is 1. The summed E-state index contributed by atoms with van der Waals surface area (Å²) in [4.78, 5) is 20.8. The van der Waals surface area contributed by atoms with Gasteiger partial charge >= 0.3 is 5.97 Å². The molecule has 156 valence electrons. The fourth-order valence-corrected chi connectivity index (χ4v) is 3.73. The van der Waals surface area contributed by atoms with E-state index in [9.17, 15) is 23.1 Å². The highest BCUT2D eigenvalue weighted by atomic mass is 19.1. The number of benzene rings is 3. The van der Waals surface area contributed by atoms with Crippen molar-refractivity contribution in [3.63, 3.8) is 0 Å². The molecule has 0 fully saturated rings. The maximum absolute atomic E-state index is 14.5. The lowest BCUT2D eigenvalue weighted by Crippen LogP contribution is -2.01. The molecule has 0 amide bonds. The van der Waals surface area contributed by atoms with E-state index in [0.717, 1.165) is 6.07 Å². The molecule has 32 heavy (non-hydrogen) atoms. The Kier molecular flexibility index (Phi) is 4.59. The number of halogens is 3. The Morgan fingerprint density at radius 1 is 0.688 bits per heavy atom. The third-order valence-electron chi connectivity index (χ3n) is 5.20. The summed E-state index contributed by atoms with van der Waals surface area (Å²) in [5, 5.41) is 10.2. The van der Waals surface area contributed by atoms with E-state index >= 15 is 0 Å². The molecule has 5 aromatic rings. The minimum atomic E-state index is -1.26. The highest BCUT2D eigenvalue weighted by molar-refractivity contribution is 6.05. The zero-order valence-electron chi connectivity index (χ0n) is 16.3. The van der Waals surface area contributed by atoms with E-state index in [1.807, 2.05) is 0 Å². The molecule has 0 radical (unpaired) electrons. The van der Waals surface area contributed by atoms with Crippen LogP contribution in [0.5, 0.6) is 0 Å². The van der Waals surface area contributed by atoms with Gasteiger partial charge in [0.15, 0.2) is 0 Å². The first-order chi connectivity index (χ1) is 15.4. The van der Waals surface area contributed by atoms with Crippen LogP contribution in [0.4, 0.5) is 13.2 Å². The minimum absolute atomic E-state index is 0.139. The molecular formula is C25H13F3N2O2. The summed E-state index contributed by atoms with van der Waals surface area (Å²) in [5.41, 5.74) is 1.61. The highest BCUT2D eigenvalue weighted by Crippen LogP contribution is 2.34. The summed E-state index contributed by atoms with van der Waals surface area (Å²) < 4.78 is 42.3. The van der Waals surface area contributed by atoms with Crippen LogP contribution in [0.3, 0.4) is 0 Å². The zero-order valence-corrected chi connectivity index (χ0v) is 16.3. The Hall–Kier alpha value is -4.26. The third kappa shape index (κ3) is 3.33. The van der Waals surface area contributed by atoms with Crippen LogP contribution in [0.1, 0.15) is 10.4 Å². The second kappa shape index (κ2) is 7.46. The van der Waals surface area contributed by atoms with Gasteiger partial charge in [0.2, 0.25) is 0 Å². The van der Waals surface area contributed by atoms with Crippen molar-refractivity contribution in [3.8, 4) is 22.5 Å². The van der Waals surface area contributed by atoms with Crippen LogP contribution in [0.15, 0.2) is 72.8 Å². The van der Waals surface area contributed by atoms with Gasteiger partial charge in [-0.2, -0.15) is 0 Å². The van der Waals surface area contributed by atoms with Crippen LogP contribution < -0.4 is 0 Å². The van der Waals surface area contributed by atoms with Gasteiger partial charge in [-0.25, -0.2) is 27.9 Å². The first-order valence-corrected chi connectivity index (χ1v) is 9.60. The topological polar surface area (TPSA) is 63.1 Å². The smallest absolute Gasteiger partial charge is 0.336 e. The largest absolute Gasteiger partial charge is 0.478 e. The molecule has 0 aliphatic rings. The predicted octanol–water partition coefficient (Wildman–Crippen LogP) is 6.23. The van der Waals surface area contributed by atoms with Crippen LogP contribution in [0, 0.1) is 17.5 Å². The molecule has 0 bridgehead atoms. The van der Waals surface area contributed by atoms with E-state index in [1.165, 1.54) is 42.5 Å². The molecule has 0 saturated carbocycles. The highest BCUT2D eigenvalue weighted by Gasteiger charge is 2.18. The molecule has 5 rings (SSSR count). The molecule has 0 spiro atoms. The molecule has 0 aliphatic carbocycles. The van der Waals surface area contributed by atoms with Gasteiger partial charge in [0.1, 0.15) is 17.5 Å². The Balaban J connectivity index is 1.86. The van der Waals surface area contributed by atoms with Crippen molar-refractivity contribution < 1.29 is 23.1 Å². The van der Waals surface area contributed by atoms with E-state index in [4.69, 9.17) is 0 Å². The third-order valence-corrected chi connectivity index (χ3v) is 5.20. The van der Waals surface area contributed by atoms with Crippen LogP contribution in [0.2, 0.25) is 0 Å². The number of aromatic carboxylic acids is 1. The van der Waals surface area contributed by atoms with Crippen LogP contribution >= 0.6 is 0 Å². The predicted molar refractivity (Wildman–Crippen MR) is 115 cm³/mol. The van der Waals surface area contributed by atoms with E-state index in [-0.39, 0.29) is 33.4 Å². The monoisotopic (exact) mass is 430 g/mol. The number of fused-ring (bicyclic) bond motifs is 2. The first kappa shape index (κ1) is 19.7. The second-order valence-corrected chi connectivity index (χ2v) is 7.22. The van der Waals surface area contributed by atoms with Crippen LogP contribution in [-0.2, 0) is 0 Å². The van der Waals surface area contributed by atoms with Crippen molar-refractivity contribution in [2.75, 3.05) is 0 Å². The van der Waals surface area contributed by atoms with Crippen molar-refractivity contribution in [1.82, 2.24) is 9.97 Å². The normalized spacial score (nSPS) is 11.2. The Labute approximate surface area is 179 Å². The van der Waals surface area contributed by atoms with E-state index in [0.29, 0.717) is 16.5 Å². The SMILES string of the molecule is O=C(O)c1cc(-c2cc(-c3ccccc3F)nc3ccc(F)cc23)nc2ccc(F)cc12. The quantitative estimate of drug-likeness (QED) is 0.368. The number of carbonyl (C=O) groups is 1. The molecule has 4 nitrogen and oxygen atoms in total. The Morgan fingerprint density at radius 2 is 1.28 bits per heavy atom. The van der Waals surface area contributed by atoms with Gasteiger partial charge in [0.25, 0.3) is 0 Å². The van der Waals surface area contributed by atoms with E-state index < -0.39 is 23.4 Å². The van der Waals surface area contributed by atoms with Gasteiger partial charge in [-0.15, -0.1) is 0 Å². The van der Waals surface area contributed by atoms with Gasteiger partial charge in [-0.05, 0) is 60.7 Å². The molecule has 0 aliphatic heterocycles. The van der Waals surface area contributed by atoms with Crippen molar-refractivity contribution in [3.05, 3.63) is 95.8 Å². The lowest BCUT2D eigenvalue weighted by molar-refractivity contribution is 0.0699. The Bertz CT molecular complexity index is 1550. The summed E-state index contributed by atoms with van der Waals surface area (Å²) in [6, 6.07) is 16.6. The molecule has 0 unspecified atom stereocenters. The van der Waals surface area contributed by atoms with Crippen molar-refractivity contribution in [1.29, 1.82) is 0 Å². The summed E-state index contributed by atoms with van der Waals surface area (Å²) in [6.07, 6.45) is 0. The van der Waals surface area contributed by atoms with Gasteiger partial charge < -0.3 is 5.11 Å². The molecule has 3 aromatic carbocycles. The lowest BCUT2D eigenvalue weighted by Gasteiger charge is -2.12. The second-order valence-electron chi connectivity index (χ2n) is 7.22. The van der Waals surface area contributed by atoms with Crippen molar-refractivity contribution in [2.45, 2.75) is 0 Å². The van der Waals surface area contributed by atoms with Gasteiger partial charge in [-0.3, -0.25) is 0 Å². The van der Waals surface area contributed by atoms with Gasteiger partial charge in [0, 0.05) is 21.9 Å². The Morgan fingerprint density at radius 3 is 1.94 bits per heavy atom. The average Bonchev–Trinajstić information content (AvgIpc) is 2.78. The summed E-state index contributed by atoms with van der Waals surface area (Å²) in [7, 11) is 0. The fraction of sp³-hybridized carbons (Fsp3) is 0. The first-order valence-electron chi connectivity index (χ1n) is 9.60. The van der Waals surface area contributed by atoms with Crippen LogP contribution in [0.25, 0.3) is 44.3 Å². The molecule has 7 heteroatoms. The lowest BCUT2D eigenvalue weighted by atomic mass is 9.98. The molecule has 2 heterocycles. The number of aromatic nitrogens is 2. The maximum atomic E-state index is 14.5. The van der Waals surface area contributed by atoms with Crippen molar-refractivity contribution in [2.24, 2.45) is 0 Å². The fourth-order valence-electron chi connectivity index (χ4n) is 3.73. The average molecular weight is 430 g/mol. The molecule has 1 N–H and O–H groups in total. The van der Waals surface area contributed by atoms with Crippen LogP contribution in [-0.4, -0.2) is 21.0 Å². The maximum Gasteiger partial charge on any atom is 0.336 e. The molecule has 2 aromatic heterocycles. The number of pyridine rings is 2. The standard InChI is InChI=1S/C25H13F3N2O2/c26-13-5-7-21-16(9-13)18(11-23(29-21)15-3-1-2-4-20(15)28)24-12-19(25(31)32)17-10-14(27)6-8-22(17)30-24/h1-12H,(H,31,32). The summed E-state index contributed by atoms with van der Waals surface area (Å²) >= 11 is 0. The molecular weight excluding hydrogens is 417 g/mol. The molecule has 0 saturated heterocycles. The summed E-state index contributed by atoms with van der Waals surface area (Å²) in [6.45, 7) is 0. The number of rotatable bonds is 3. The summed E-state index contributed by atoms with van der Waals surface area (Å²) in [5.74, 6) is -2.85. The minimum Gasteiger partial charge on any atom is -0.478 e. The van der Waals surface area contributed by atoms with E-state index in [1.54, 1.807) is 24.3 Å². The number of hydrogen-bond donors (Lipinski definition) is 1. The van der Waals surface area contributed by atoms with Gasteiger partial charge in [-0.1, -0.05) is 12.1 Å². The van der Waals surface area contributed by atoms with E-state index in [2.05, 4.69) is 9.97 Å². The number of hydrogen-bond acceptors (Lipinski definition) is 3. The molecule has 0 atom stereocenters. The number of carboxylic acid groups (broad SMARTS) is 1. The number of nitrogens with zero attached hydrogens (tertiary/aromatic N) is 2.